The van der Waals surface area contributed by atoms with Gasteiger partial charge in [0.25, 0.3) is 0 Å². The molecule has 0 unspecified atom stereocenters. The van der Waals surface area contributed by atoms with E-state index >= 15 is 0 Å². The normalized spacial score (nSPS) is 15.5. The number of fused-ring (bicyclic) bond motifs is 2. The van der Waals surface area contributed by atoms with Gasteiger partial charge in [0.05, 0.1) is 28.9 Å². The molecule has 196 valence electrons. The molecule has 0 radical (unpaired) electrons. The van der Waals surface area contributed by atoms with Crippen molar-refractivity contribution in [2.75, 3.05) is 20.2 Å². The number of carbonyl (C=O) groups excluding carboxylic acids is 3. The number of esters is 1. The number of likely N-dealkylation sites (tertiary alicyclic amines) is 1. The maximum Gasteiger partial charge on any atom is 0.338 e. The lowest BCUT2D eigenvalue weighted by Gasteiger charge is -2.17. The number of carbonyl (C=O) groups is 3. The number of nitrogens with zero attached hydrogens (tertiary/aromatic N) is 4. The highest BCUT2D eigenvalue weighted by molar-refractivity contribution is 6.21. The lowest BCUT2D eigenvalue weighted by Crippen LogP contribution is -2.31. The van der Waals surface area contributed by atoms with E-state index in [-0.39, 0.29) is 22.9 Å². The average Bonchev–Trinajstić information content (AvgIpc) is 3.69. The van der Waals surface area contributed by atoms with Crippen LogP contribution in [-0.2, 0) is 11.2 Å². The Kier molecular flexibility index (Phi) is 6.10. The molecule has 0 saturated carbocycles. The minimum Gasteiger partial charge on any atom is -0.465 e. The molecule has 0 atom stereocenters. The van der Waals surface area contributed by atoms with Crippen LogP contribution in [-0.4, -0.2) is 53.1 Å². The quantitative estimate of drug-likeness (QED) is 0.294. The topological polar surface area (TPSA) is 93.3 Å². The van der Waals surface area contributed by atoms with Crippen molar-refractivity contribution in [3.63, 3.8) is 0 Å². The Morgan fingerprint density at radius 2 is 1.54 bits per heavy atom. The van der Waals surface area contributed by atoms with Crippen LogP contribution in [0.25, 0.3) is 10.9 Å². The largest absolute Gasteiger partial charge is 0.465 e. The van der Waals surface area contributed by atoms with Gasteiger partial charge in [-0.1, -0.05) is 42.5 Å². The summed E-state index contributed by atoms with van der Waals surface area (Å²) in [5.74, 6) is -0.834. The van der Waals surface area contributed by atoms with Crippen molar-refractivity contribution in [3.8, 4) is 0 Å². The van der Waals surface area contributed by atoms with Crippen LogP contribution in [0.2, 0.25) is 0 Å². The predicted octanol–water partition coefficient (Wildman–Crippen LogP) is 3.93. The number of ketones is 1. The molecule has 0 N–H and O–H groups in total. The molecule has 39 heavy (non-hydrogen) atoms. The highest BCUT2D eigenvalue weighted by atomic mass is 16.5. The summed E-state index contributed by atoms with van der Waals surface area (Å²) in [6.07, 6.45) is 4.04. The molecule has 1 saturated heterocycles. The molecule has 6 rings (SSSR count). The maximum absolute atomic E-state index is 13.8. The summed E-state index contributed by atoms with van der Waals surface area (Å²) in [6.45, 7) is 3.33. The number of ether oxygens (including phenoxy) is 1. The molecule has 1 fully saturated rings. The number of methoxy groups -OCH3 is 1. The van der Waals surface area contributed by atoms with E-state index in [9.17, 15) is 14.4 Å². The van der Waals surface area contributed by atoms with Crippen molar-refractivity contribution in [2.45, 2.75) is 31.8 Å². The monoisotopic (exact) mass is 520 g/mol. The van der Waals surface area contributed by atoms with Gasteiger partial charge in [0, 0.05) is 42.2 Å². The second kappa shape index (κ2) is 9.62. The van der Waals surface area contributed by atoms with Crippen LogP contribution in [0.15, 0.2) is 82.9 Å². The Labute approximate surface area is 225 Å². The number of para-hydroxylation sites is 2. The third-order valence-corrected chi connectivity index (χ3v) is 7.42. The predicted molar refractivity (Wildman–Crippen MR) is 146 cm³/mol. The molecule has 4 aromatic rings. The van der Waals surface area contributed by atoms with Crippen LogP contribution in [0, 0.1) is 0 Å². The fraction of sp³-hybridized carbons (Fsp3) is 0.258. The Morgan fingerprint density at radius 3 is 2.18 bits per heavy atom. The van der Waals surface area contributed by atoms with Crippen LogP contribution in [0.5, 0.6) is 0 Å². The summed E-state index contributed by atoms with van der Waals surface area (Å²) >= 11 is 0. The van der Waals surface area contributed by atoms with E-state index < -0.39 is 11.6 Å². The summed E-state index contributed by atoms with van der Waals surface area (Å²) in [6, 6.07) is 20.0. The third-order valence-electron chi connectivity index (χ3n) is 7.42. The number of hydrogen-bond acceptors (Lipinski definition) is 6. The molecule has 0 aliphatic carbocycles. The molecule has 1 amide bonds. The summed E-state index contributed by atoms with van der Waals surface area (Å²) < 4.78 is 6.48. The highest BCUT2D eigenvalue weighted by Gasteiger charge is 2.28. The molecule has 8 heteroatoms. The zero-order valence-electron chi connectivity index (χ0n) is 21.9. The number of aromatic nitrogens is 1. The van der Waals surface area contributed by atoms with Crippen molar-refractivity contribution in [2.24, 2.45) is 9.98 Å². The molecular formula is C31H28N4O4. The van der Waals surface area contributed by atoms with Gasteiger partial charge in [-0.2, -0.15) is 0 Å². The first-order valence-electron chi connectivity index (χ1n) is 13.1. The minimum atomic E-state index is -0.603. The second-order valence-corrected chi connectivity index (χ2v) is 10.2. The molecule has 2 aliphatic heterocycles. The van der Waals surface area contributed by atoms with Gasteiger partial charge < -0.3 is 9.64 Å². The Morgan fingerprint density at radius 1 is 0.872 bits per heavy atom. The van der Waals surface area contributed by atoms with Gasteiger partial charge in [0.15, 0.2) is 11.4 Å². The molecule has 3 heterocycles. The fourth-order valence-electron chi connectivity index (χ4n) is 5.55. The molecular weight excluding hydrogens is 492 g/mol. The summed E-state index contributed by atoms with van der Waals surface area (Å²) in [7, 11) is 1.30. The van der Waals surface area contributed by atoms with E-state index in [1.54, 1.807) is 41.4 Å². The van der Waals surface area contributed by atoms with Crippen LogP contribution in [0.4, 0.5) is 4.79 Å². The van der Waals surface area contributed by atoms with E-state index in [0.717, 1.165) is 29.1 Å². The first-order valence-corrected chi connectivity index (χ1v) is 13.1. The standard InChI is InChI=1S/C31H28N4O4/c1-31(32-24-9-3-4-10-25(24)33-31)18-20-12-14-21(15-13-20)28(36)23-19-35(30(38)34-16-5-6-17-34)26-11-7-8-22(27(23)26)29(37)39-2/h3-4,7-15,19H,5-6,16-18H2,1-2H3. The van der Waals surface area contributed by atoms with E-state index in [0.29, 0.717) is 36.0 Å². The fourth-order valence-corrected chi connectivity index (χ4v) is 5.55. The van der Waals surface area contributed by atoms with Gasteiger partial charge in [0.2, 0.25) is 0 Å². The van der Waals surface area contributed by atoms with E-state index in [4.69, 9.17) is 14.7 Å². The van der Waals surface area contributed by atoms with Crippen molar-refractivity contribution < 1.29 is 19.1 Å². The van der Waals surface area contributed by atoms with Crippen LogP contribution in [0.1, 0.15) is 51.6 Å². The van der Waals surface area contributed by atoms with Gasteiger partial charge in [0.1, 0.15) is 0 Å². The lowest BCUT2D eigenvalue weighted by molar-refractivity contribution is 0.0603. The number of rotatable bonds is 5. The summed E-state index contributed by atoms with van der Waals surface area (Å²) in [5, 5.41) is 2.18. The summed E-state index contributed by atoms with van der Waals surface area (Å²) in [4.78, 5) is 51.2. The Balaban J connectivity index is 1.35. The van der Waals surface area contributed by atoms with Gasteiger partial charge in [-0.3, -0.25) is 19.3 Å². The van der Waals surface area contributed by atoms with E-state index in [1.165, 1.54) is 11.7 Å². The summed E-state index contributed by atoms with van der Waals surface area (Å²) in [5.41, 5.74) is 1.89. The Bertz CT molecular complexity index is 1710. The first kappa shape index (κ1) is 24.7. The van der Waals surface area contributed by atoms with Crippen molar-refractivity contribution >= 4 is 28.7 Å². The SMILES string of the molecule is COC(=O)c1cccc2c1c(C(=O)c1ccc(CC3(C)N=c4ccccc4=N3)cc1)cn2C(=O)N1CCCC1. The molecule has 0 bridgehead atoms. The smallest absolute Gasteiger partial charge is 0.338 e. The van der Waals surface area contributed by atoms with Gasteiger partial charge in [-0.15, -0.1) is 0 Å². The van der Waals surface area contributed by atoms with Crippen molar-refractivity contribution in [1.82, 2.24) is 9.47 Å². The Hall–Kier alpha value is -4.59. The second-order valence-electron chi connectivity index (χ2n) is 10.2. The number of hydrogen-bond donors (Lipinski definition) is 0. The van der Waals surface area contributed by atoms with E-state index in [2.05, 4.69) is 0 Å². The zero-order chi connectivity index (χ0) is 27.1. The maximum atomic E-state index is 13.8. The van der Waals surface area contributed by atoms with Crippen molar-refractivity contribution in [1.29, 1.82) is 0 Å². The van der Waals surface area contributed by atoms with Crippen LogP contribution < -0.4 is 10.7 Å². The molecule has 3 aromatic carbocycles. The number of amides is 1. The zero-order valence-corrected chi connectivity index (χ0v) is 21.9. The van der Waals surface area contributed by atoms with Gasteiger partial charge in [-0.05, 0) is 49.6 Å². The minimum absolute atomic E-state index is 0.202. The van der Waals surface area contributed by atoms with Crippen LogP contribution in [0.3, 0.4) is 0 Å². The van der Waals surface area contributed by atoms with Gasteiger partial charge >= 0.3 is 12.0 Å². The average molecular weight is 521 g/mol. The van der Waals surface area contributed by atoms with Crippen LogP contribution >= 0.6 is 0 Å². The first-order chi connectivity index (χ1) is 18.9. The number of benzene rings is 3. The van der Waals surface area contributed by atoms with Gasteiger partial charge in [-0.25, -0.2) is 9.59 Å². The molecule has 0 spiro atoms. The highest BCUT2D eigenvalue weighted by Crippen LogP contribution is 2.29. The van der Waals surface area contributed by atoms with E-state index in [1.807, 2.05) is 43.3 Å². The molecule has 8 nitrogen and oxygen atoms in total. The third kappa shape index (κ3) is 4.41. The van der Waals surface area contributed by atoms with Crippen molar-refractivity contribution in [3.05, 3.63) is 106 Å². The lowest BCUT2D eigenvalue weighted by atomic mass is 9.96. The molecule has 2 aliphatic rings. The molecule has 1 aromatic heterocycles.